The van der Waals surface area contributed by atoms with E-state index in [1.54, 1.807) is 17.9 Å². The number of nitrogens with zero attached hydrogens (tertiary/aromatic N) is 4. The predicted molar refractivity (Wildman–Crippen MR) is 72.9 cm³/mol. The normalized spacial score (nSPS) is 16.8. The largest absolute Gasteiger partial charge is 0.383 e. The zero-order valence-corrected chi connectivity index (χ0v) is 10.9. The molecule has 4 rings (SSSR count). The smallest absolute Gasteiger partial charge is 0.263 e. The molecule has 1 unspecified atom stereocenters. The van der Waals surface area contributed by atoms with Crippen molar-refractivity contribution in [2.24, 2.45) is 7.05 Å². The van der Waals surface area contributed by atoms with Crippen molar-refractivity contribution in [1.82, 2.24) is 19.9 Å². The Morgan fingerprint density at radius 3 is 2.95 bits per heavy atom. The summed E-state index contributed by atoms with van der Waals surface area (Å²) in [4.78, 5) is 4.46. The highest BCUT2D eigenvalue weighted by Crippen LogP contribution is 2.39. The summed E-state index contributed by atoms with van der Waals surface area (Å²) in [7, 11) is 1.78. The average Bonchev–Trinajstić information content (AvgIpc) is 3.00. The maximum Gasteiger partial charge on any atom is 0.263 e. The average molecular weight is 267 g/mol. The van der Waals surface area contributed by atoms with Crippen LogP contribution in [0.4, 0.5) is 5.82 Å². The summed E-state index contributed by atoms with van der Waals surface area (Å²) < 4.78 is 6.90. The highest BCUT2D eigenvalue weighted by molar-refractivity contribution is 5.66. The van der Waals surface area contributed by atoms with Crippen LogP contribution in [-0.2, 0) is 13.5 Å². The van der Waals surface area contributed by atoms with E-state index in [2.05, 4.69) is 27.4 Å². The van der Waals surface area contributed by atoms with E-state index < -0.39 is 0 Å². The molecule has 2 N–H and O–H groups in total. The topological polar surface area (TPSA) is 82.8 Å². The molecule has 0 saturated carbocycles. The van der Waals surface area contributed by atoms with Crippen LogP contribution in [0.3, 0.4) is 0 Å². The number of anilines is 1. The lowest BCUT2D eigenvalue weighted by Crippen LogP contribution is -2.19. The van der Waals surface area contributed by atoms with Gasteiger partial charge in [-0.3, -0.25) is 4.68 Å². The second-order valence-electron chi connectivity index (χ2n) is 4.98. The maximum atomic E-state index is 5.92. The molecule has 0 fully saturated rings. The standard InChI is InChI=1S/C14H13N5O/c1-19-12(15)11(7-16-19)14-17-13(18-20-14)10-6-8-4-2-3-5-9(8)10/h2-5,7,10H,6,15H2,1H3. The number of aromatic nitrogens is 4. The monoisotopic (exact) mass is 267 g/mol. The molecule has 1 aliphatic carbocycles. The minimum atomic E-state index is 0.224. The molecular formula is C14H13N5O. The molecule has 0 spiro atoms. The van der Waals surface area contributed by atoms with Gasteiger partial charge in [0, 0.05) is 7.05 Å². The lowest BCUT2D eigenvalue weighted by atomic mass is 9.77. The van der Waals surface area contributed by atoms with E-state index in [0.29, 0.717) is 23.1 Å². The third-order valence-electron chi connectivity index (χ3n) is 3.82. The summed E-state index contributed by atoms with van der Waals surface area (Å²) >= 11 is 0. The van der Waals surface area contributed by atoms with Gasteiger partial charge in [0.2, 0.25) is 0 Å². The molecule has 3 aromatic rings. The Bertz CT molecular complexity index is 788. The van der Waals surface area contributed by atoms with Gasteiger partial charge in [-0.15, -0.1) is 0 Å². The van der Waals surface area contributed by atoms with Gasteiger partial charge in [0.15, 0.2) is 5.82 Å². The van der Waals surface area contributed by atoms with Gasteiger partial charge in [0.1, 0.15) is 11.4 Å². The van der Waals surface area contributed by atoms with Crippen LogP contribution in [0.1, 0.15) is 22.9 Å². The van der Waals surface area contributed by atoms with Crippen molar-refractivity contribution in [2.75, 3.05) is 5.73 Å². The molecule has 100 valence electrons. The van der Waals surface area contributed by atoms with Crippen LogP contribution in [0.2, 0.25) is 0 Å². The van der Waals surface area contributed by atoms with Gasteiger partial charge in [-0.2, -0.15) is 10.1 Å². The van der Waals surface area contributed by atoms with Crippen molar-refractivity contribution in [3.8, 4) is 11.5 Å². The molecule has 1 aromatic carbocycles. The fraction of sp³-hybridized carbons (Fsp3) is 0.214. The molecule has 0 aliphatic heterocycles. The van der Waals surface area contributed by atoms with Crippen molar-refractivity contribution >= 4 is 5.82 Å². The van der Waals surface area contributed by atoms with E-state index >= 15 is 0 Å². The first-order valence-electron chi connectivity index (χ1n) is 6.43. The van der Waals surface area contributed by atoms with Crippen LogP contribution in [0.25, 0.3) is 11.5 Å². The molecule has 1 atom stereocenters. The van der Waals surface area contributed by atoms with Crippen LogP contribution in [0.5, 0.6) is 0 Å². The second-order valence-corrected chi connectivity index (χ2v) is 4.98. The van der Waals surface area contributed by atoms with Crippen molar-refractivity contribution in [3.63, 3.8) is 0 Å². The fourth-order valence-corrected chi connectivity index (χ4v) is 2.59. The van der Waals surface area contributed by atoms with Crippen molar-refractivity contribution in [2.45, 2.75) is 12.3 Å². The van der Waals surface area contributed by atoms with E-state index in [9.17, 15) is 0 Å². The van der Waals surface area contributed by atoms with Gasteiger partial charge in [-0.1, -0.05) is 29.4 Å². The van der Waals surface area contributed by atoms with E-state index in [4.69, 9.17) is 10.3 Å². The Balaban J connectivity index is 1.69. The molecule has 2 aromatic heterocycles. The van der Waals surface area contributed by atoms with E-state index in [-0.39, 0.29) is 5.92 Å². The number of aryl methyl sites for hydroxylation is 1. The highest BCUT2D eigenvalue weighted by atomic mass is 16.5. The number of hydrogen-bond donors (Lipinski definition) is 1. The van der Waals surface area contributed by atoms with E-state index in [0.717, 1.165) is 6.42 Å². The second kappa shape index (κ2) is 3.93. The van der Waals surface area contributed by atoms with Crippen LogP contribution >= 0.6 is 0 Å². The summed E-state index contributed by atoms with van der Waals surface area (Å²) in [6.07, 6.45) is 2.60. The highest BCUT2D eigenvalue weighted by Gasteiger charge is 2.31. The number of nitrogens with two attached hydrogens (primary N) is 1. The first kappa shape index (κ1) is 11.2. The third kappa shape index (κ3) is 1.48. The summed E-state index contributed by atoms with van der Waals surface area (Å²) in [5, 5.41) is 8.17. The molecule has 0 amide bonds. The van der Waals surface area contributed by atoms with Gasteiger partial charge in [0.25, 0.3) is 5.89 Å². The van der Waals surface area contributed by atoms with Crippen molar-refractivity contribution in [3.05, 3.63) is 47.4 Å². The predicted octanol–water partition coefficient (Wildman–Crippen LogP) is 1.74. The summed E-state index contributed by atoms with van der Waals surface area (Å²) in [5.74, 6) is 1.88. The molecule has 0 radical (unpaired) electrons. The number of rotatable bonds is 2. The first-order valence-corrected chi connectivity index (χ1v) is 6.43. The van der Waals surface area contributed by atoms with Crippen molar-refractivity contribution < 1.29 is 4.52 Å². The van der Waals surface area contributed by atoms with Gasteiger partial charge in [-0.25, -0.2) is 0 Å². The molecule has 20 heavy (non-hydrogen) atoms. The van der Waals surface area contributed by atoms with E-state index in [1.807, 2.05) is 12.1 Å². The summed E-state index contributed by atoms with van der Waals surface area (Å²) in [6.45, 7) is 0. The zero-order chi connectivity index (χ0) is 13.7. The number of nitrogen functional groups attached to an aromatic ring is 1. The third-order valence-corrected chi connectivity index (χ3v) is 3.82. The van der Waals surface area contributed by atoms with Crippen LogP contribution < -0.4 is 5.73 Å². The summed E-state index contributed by atoms with van der Waals surface area (Å²) in [6, 6.07) is 8.32. The lowest BCUT2D eigenvalue weighted by molar-refractivity contribution is 0.416. The Hall–Kier alpha value is -2.63. The quantitative estimate of drug-likeness (QED) is 0.764. The lowest BCUT2D eigenvalue weighted by Gasteiger charge is -2.27. The molecule has 2 heterocycles. The Labute approximate surface area is 115 Å². The SMILES string of the molecule is Cn1ncc(-c2nc(C3Cc4ccccc43)no2)c1N. The van der Waals surface area contributed by atoms with Crippen LogP contribution in [-0.4, -0.2) is 19.9 Å². The Kier molecular flexibility index (Phi) is 2.20. The van der Waals surface area contributed by atoms with Crippen LogP contribution in [0.15, 0.2) is 35.0 Å². The Morgan fingerprint density at radius 1 is 1.35 bits per heavy atom. The molecule has 6 nitrogen and oxygen atoms in total. The number of fused-ring (bicyclic) bond motifs is 1. The van der Waals surface area contributed by atoms with Gasteiger partial charge < -0.3 is 10.3 Å². The molecule has 0 saturated heterocycles. The van der Waals surface area contributed by atoms with Gasteiger partial charge in [-0.05, 0) is 17.5 Å². The maximum absolute atomic E-state index is 5.92. The minimum Gasteiger partial charge on any atom is -0.383 e. The van der Waals surface area contributed by atoms with E-state index in [1.165, 1.54) is 11.1 Å². The van der Waals surface area contributed by atoms with Gasteiger partial charge >= 0.3 is 0 Å². The molecule has 1 aliphatic rings. The molecule has 0 bridgehead atoms. The number of benzene rings is 1. The number of hydrogen-bond acceptors (Lipinski definition) is 5. The molecular weight excluding hydrogens is 254 g/mol. The fourth-order valence-electron chi connectivity index (χ4n) is 2.59. The van der Waals surface area contributed by atoms with Crippen molar-refractivity contribution in [1.29, 1.82) is 0 Å². The van der Waals surface area contributed by atoms with Gasteiger partial charge in [0.05, 0.1) is 12.1 Å². The Morgan fingerprint density at radius 2 is 2.20 bits per heavy atom. The first-order chi connectivity index (χ1) is 9.74. The minimum absolute atomic E-state index is 0.224. The zero-order valence-electron chi connectivity index (χ0n) is 10.9. The van der Waals surface area contributed by atoms with Crippen LogP contribution in [0, 0.1) is 0 Å². The molecule has 6 heteroatoms. The summed E-state index contributed by atoms with van der Waals surface area (Å²) in [5.41, 5.74) is 9.22.